The first-order chi connectivity index (χ1) is 4.62. The molecule has 0 nitrogen and oxygen atoms in total. The summed E-state index contributed by atoms with van der Waals surface area (Å²) in [5.41, 5.74) is 0. The van der Waals surface area contributed by atoms with E-state index < -0.39 is 8.07 Å². The van der Waals surface area contributed by atoms with Gasteiger partial charge < -0.3 is 0 Å². The van der Waals surface area contributed by atoms with Crippen molar-refractivity contribution >= 4 is 8.07 Å². The van der Waals surface area contributed by atoms with Gasteiger partial charge >= 0.3 is 0 Å². The van der Waals surface area contributed by atoms with Gasteiger partial charge in [-0.2, -0.15) is 0 Å². The van der Waals surface area contributed by atoms with Gasteiger partial charge in [0.05, 0.1) is 0 Å². The maximum Gasteiger partial charge on any atom is 0.0471 e. The van der Waals surface area contributed by atoms with E-state index in [1.165, 1.54) is 31.4 Å². The zero-order valence-electron chi connectivity index (χ0n) is 8.04. The van der Waals surface area contributed by atoms with E-state index in [9.17, 15) is 0 Å². The summed E-state index contributed by atoms with van der Waals surface area (Å²) in [6, 6.07) is 2.99. The van der Waals surface area contributed by atoms with E-state index in [4.69, 9.17) is 0 Å². The Hall–Kier alpha value is 0.217. The lowest BCUT2D eigenvalue weighted by atomic mass is 10.3. The molecule has 0 unspecified atom stereocenters. The van der Waals surface area contributed by atoms with Crippen LogP contribution >= 0.6 is 0 Å². The maximum absolute atomic E-state index is 2.50. The van der Waals surface area contributed by atoms with Crippen molar-refractivity contribution in [3.8, 4) is 0 Å². The third-order valence-electron chi connectivity index (χ3n) is 2.41. The van der Waals surface area contributed by atoms with E-state index in [2.05, 4.69) is 26.9 Å². The van der Waals surface area contributed by atoms with Crippen molar-refractivity contribution in [2.24, 2.45) is 0 Å². The van der Waals surface area contributed by atoms with Gasteiger partial charge in [0.1, 0.15) is 0 Å². The van der Waals surface area contributed by atoms with Crippen molar-refractivity contribution in [3.05, 3.63) is 0 Å². The van der Waals surface area contributed by atoms with Crippen molar-refractivity contribution in [1.82, 2.24) is 0 Å². The molecule has 0 aliphatic carbocycles. The number of rotatable bonds is 5. The SMILES string of the molecule is CCCCC[Si](C)(C)CC. The number of hydrogen-bond donors (Lipinski definition) is 0. The van der Waals surface area contributed by atoms with Crippen LogP contribution in [0.2, 0.25) is 25.2 Å². The molecule has 0 heterocycles. The fourth-order valence-electron chi connectivity index (χ4n) is 1.03. The van der Waals surface area contributed by atoms with Gasteiger partial charge in [-0.3, -0.25) is 0 Å². The molecule has 0 aromatic heterocycles. The molecule has 62 valence electrons. The second kappa shape index (κ2) is 4.95. The molecule has 0 amide bonds. The van der Waals surface area contributed by atoms with E-state index in [0.717, 1.165) is 0 Å². The summed E-state index contributed by atoms with van der Waals surface area (Å²) in [4.78, 5) is 0. The number of hydrogen-bond acceptors (Lipinski definition) is 0. The normalized spacial score (nSPS) is 12.0. The highest BCUT2D eigenvalue weighted by molar-refractivity contribution is 6.77. The van der Waals surface area contributed by atoms with Gasteiger partial charge in [-0.1, -0.05) is 58.3 Å². The Kier molecular flexibility index (Phi) is 5.05. The predicted molar refractivity (Wildman–Crippen MR) is 52.3 cm³/mol. The largest absolute Gasteiger partial charge is 0.0694 e. The van der Waals surface area contributed by atoms with Crippen LogP contribution in [0.25, 0.3) is 0 Å². The standard InChI is InChI=1S/C9H22Si/c1-5-7-8-9-10(3,4)6-2/h5-9H2,1-4H3. The fourth-order valence-corrected chi connectivity index (χ4v) is 2.59. The van der Waals surface area contributed by atoms with Crippen molar-refractivity contribution in [2.45, 2.75) is 58.3 Å². The zero-order valence-corrected chi connectivity index (χ0v) is 9.04. The minimum absolute atomic E-state index is 0.715. The molecule has 0 aromatic carbocycles. The Labute approximate surface area is 67.0 Å². The quantitative estimate of drug-likeness (QED) is 0.420. The summed E-state index contributed by atoms with van der Waals surface area (Å²) in [6.45, 7) is 9.63. The third-order valence-corrected chi connectivity index (χ3v) is 6.04. The Morgan fingerprint density at radius 1 is 1.00 bits per heavy atom. The van der Waals surface area contributed by atoms with Gasteiger partial charge in [-0.25, -0.2) is 0 Å². The molecule has 0 saturated carbocycles. The summed E-state index contributed by atoms with van der Waals surface area (Å²) < 4.78 is 0. The number of unbranched alkanes of at least 4 members (excludes halogenated alkanes) is 2. The first kappa shape index (κ1) is 10.2. The lowest BCUT2D eigenvalue weighted by Gasteiger charge is -2.19. The van der Waals surface area contributed by atoms with Gasteiger partial charge in [0.15, 0.2) is 0 Å². The van der Waals surface area contributed by atoms with Crippen LogP contribution in [0.4, 0.5) is 0 Å². The Morgan fingerprint density at radius 3 is 2.00 bits per heavy atom. The topological polar surface area (TPSA) is 0 Å². The van der Waals surface area contributed by atoms with E-state index in [1.54, 1.807) is 0 Å². The van der Waals surface area contributed by atoms with Crippen molar-refractivity contribution < 1.29 is 0 Å². The van der Waals surface area contributed by atoms with Crippen LogP contribution in [0.5, 0.6) is 0 Å². The van der Waals surface area contributed by atoms with Gasteiger partial charge in [0.2, 0.25) is 0 Å². The minimum atomic E-state index is -0.715. The second-order valence-electron chi connectivity index (χ2n) is 3.97. The third kappa shape index (κ3) is 5.04. The van der Waals surface area contributed by atoms with Crippen LogP contribution in [0.3, 0.4) is 0 Å². The molecule has 0 saturated heterocycles. The Bertz CT molecular complexity index is 76.8. The van der Waals surface area contributed by atoms with E-state index in [0.29, 0.717) is 0 Å². The van der Waals surface area contributed by atoms with Crippen molar-refractivity contribution in [2.75, 3.05) is 0 Å². The maximum atomic E-state index is 2.50. The van der Waals surface area contributed by atoms with Gasteiger partial charge in [0.25, 0.3) is 0 Å². The molecule has 0 aliphatic rings. The summed E-state index contributed by atoms with van der Waals surface area (Å²) >= 11 is 0. The first-order valence-corrected chi connectivity index (χ1v) is 8.04. The van der Waals surface area contributed by atoms with Crippen molar-refractivity contribution in [1.29, 1.82) is 0 Å². The molecular formula is C9H22Si. The smallest absolute Gasteiger partial charge is 0.0471 e. The first-order valence-electron chi connectivity index (χ1n) is 4.62. The molecule has 0 atom stereocenters. The molecule has 0 fully saturated rings. The molecule has 0 aromatic rings. The molecule has 0 spiro atoms. The highest BCUT2D eigenvalue weighted by Gasteiger charge is 2.15. The molecule has 0 bridgehead atoms. The summed E-state index contributed by atoms with van der Waals surface area (Å²) in [5.74, 6) is 0. The highest BCUT2D eigenvalue weighted by Crippen LogP contribution is 2.18. The average Bonchev–Trinajstić information content (AvgIpc) is 1.89. The van der Waals surface area contributed by atoms with Gasteiger partial charge in [0, 0.05) is 8.07 Å². The average molecular weight is 158 g/mol. The summed E-state index contributed by atoms with van der Waals surface area (Å²) in [7, 11) is -0.715. The highest BCUT2D eigenvalue weighted by atomic mass is 28.3. The summed E-state index contributed by atoms with van der Waals surface area (Å²) in [6.07, 6.45) is 4.29. The molecule has 10 heavy (non-hydrogen) atoms. The Morgan fingerprint density at radius 2 is 1.60 bits per heavy atom. The lowest BCUT2D eigenvalue weighted by Crippen LogP contribution is -2.22. The second-order valence-corrected chi connectivity index (χ2v) is 9.51. The zero-order chi connectivity index (χ0) is 8.04. The van der Waals surface area contributed by atoms with Crippen LogP contribution in [0.1, 0.15) is 33.1 Å². The van der Waals surface area contributed by atoms with Crippen LogP contribution in [-0.2, 0) is 0 Å². The molecule has 0 rings (SSSR count). The molecule has 0 N–H and O–H groups in total. The van der Waals surface area contributed by atoms with Crippen LogP contribution < -0.4 is 0 Å². The molecular weight excluding hydrogens is 136 g/mol. The molecule has 1 heteroatoms. The van der Waals surface area contributed by atoms with E-state index >= 15 is 0 Å². The van der Waals surface area contributed by atoms with Crippen LogP contribution in [0, 0.1) is 0 Å². The monoisotopic (exact) mass is 158 g/mol. The minimum Gasteiger partial charge on any atom is -0.0694 e. The summed E-state index contributed by atoms with van der Waals surface area (Å²) in [5, 5.41) is 0. The molecule has 0 aliphatic heterocycles. The van der Waals surface area contributed by atoms with Gasteiger partial charge in [-0.15, -0.1) is 0 Å². The molecule has 0 radical (unpaired) electrons. The fraction of sp³-hybridized carbons (Fsp3) is 1.00. The Balaban J connectivity index is 3.28. The van der Waals surface area contributed by atoms with E-state index in [1.807, 2.05) is 0 Å². The predicted octanol–water partition coefficient (Wildman–Crippen LogP) is 3.90. The lowest BCUT2D eigenvalue weighted by molar-refractivity contribution is 0.761. The van der Waals surface area contributed by atoms with Crippen LogP contribution in [0.15, 0.2) is 0 Å². The van der Waals surface area contributed by atoms with Gasteiger partial charge in [-0.05, 0) is 0 Å². The van der Waals surface area contributed by atoms with Crippen molar-refractivity contribution in [3.63, 3.8) is 0 Å². The van der Waals surface area contributed by atoms with Crippen LogP contribution in [-0.4, -0.2) is 8.07 Å². The van der Waals surface area contributed by atoms with E-state index in [-0.39, 0.29) is 0 Å².